The number of hydrogen-bond donors (Lipinski definition) is 1. The molecule has 0 aliphatic carbocycles. The van der Waals surface area contributed by atoms with E-state index in [0.29, 0.717) is 75.1 Å². The normalized spacial score (nSPS) is 16.4. The number of carbonyl (C=O) groups excluding carboxylic acids is 2. The number of aliphatic hydroxyl groups excluding tert-OH is 1. The zero-order valence-electron chi connectivity index (χ0n) is 27.0. The van der Waals surface area contributed by atoms with E-state index in [1.165, 1.54) is 16.7 Å². The summed E-state index contributed by atoms with van der Waals surface area (Å²) in [5.41, 5.74) is 2.46. The maximum Gasteiger partial charge on any atom is 0.301 e. The van der Waals surface area contributed by atoms with E-state index in [0.717, 1.165) is 22.5 Å². The van der Waals surface area contributed by atoms with Gasteiger partial charge in [0, 0.05) is 21.4 Å². The van der Waals surface area contributed by atoms with Crippen molar-refractivity contribution >= 4 is 68.9 Å². The zero-order valence-corrected chi connectivity index (χ0v) is 30.2. The number of anilines is 1. The second-order valence-electron chi connectivity index (χ2n) is 11.3. The molecule has 1 N–H and O–H groups in total. The fraction of sp³-hybridized carbons (Fsp3) is 0.189. The van der Waals surface area contributed by atoms with Crippen LogP contribution in [0.5, 0.6) is 23.0 Å². The topological polar surface area (TPSA) is 120 Å². The minimum atomic E-state index is -1.09. The van der Waals surface area contributed by atoms with Crippen LogP contribution >= 0.6 is 46.3 Å². The highest BCUT2D eigenvalue weighted by molar-refractivity contribution is 8.00. The number of hydrogen-bond acceptors (Lipinski definition) is 11. The van der Waals surface area contributed by atoms with Crippen LogP contribution in [0.2, 0.25) is 10.0 Å². The number of amides is 1. The van der Waals surface area contributed by atoms with Crippen molar-refractivity contribution < 1.29 is 33.6 Å². The molecule has 3 heterocycles. The van der Waals surface area contributed by atoms with Gasteiger partial charge in [-0.25, -0.2) is 0 Å². The third-order valence-electron chi connectivity index (χ3n) is 8.05. The minimum Gasteiger partial charge on any atom is -0.507 e. The van der Waals surface area contributed by atoms with E-state index in [-0.39, 0.29) is 22.0 Å². The molecule has 1 aromatic heterocycles. The molecule has 0 bridgehead atoms. The summed E-state index contributed by atoms with van der Waals surface area (Å²) < 4.78 is 24.0. The van der Waals surface area contributed by atoms with Crippen molar-refractivity contribution in [2.45, 2.75) is 29.7 Å². The molecule has 0 unspecified atom stereocenters. The van der Waals surface area contributed by atoms with E-state index >= 15 is 0 Å². The van der Waals surface area contributed by atoms with Crippen molar-refractivity contribution in [3.8, 4) is 23.0 Å². The smallest absolute Gasteiger partial charge is 0.301 e. The van der Waals surface area contributed by atoms with Crippen LogP contribution in [-0.4, -0.2) is 46.8 Å². The Morgan fingerprint density at radius 2 is 1.75 bits per heavy atom. The molecule has 2 aliphatic heterocycles. The first-order chi connectivity index (χ1) is 24.8. The van der Waals surface area contributed by atoms with E-state index in [9.17, 15) is 14.7 Å². The summed E-state index contributed by atoms with van der Waals surface area (Å²) in [5, 5.41) is 21.6. The van der Waals surface area contributed by atoms with Gasteiger partial charge in [0.2, 0.25) is 5.13 Å². The summed E-state index contributed by atoms with van der Waals surface area (Å²) in [4.78, 5) is 29.1. The van der Waals surface area contributed by atoms with Crippen LogP contribution in [0.25, 0.3) is 5.76 Å². The van der Waals surface area contributed by atoms with E-state index in [1.54, 1.807) is 48.5 Å². The first-order valence-corrected chi connectivity index (χ1v) is 18.4. The maximum absolute atomic E-state index is 13.9. The van der Waals surface area contributed by atoms with Gasteiger partial charge in [-0.2, -0.15) is 0 Å². The number of thioether (sulfide) groups is 1. The van der Waals surface area contributed by atoms with Gasteiger partial charge < -0.3 is 24.1 Å². The average Bonchev–Trinajstić information content (AvgIpc) is 3.72. The number of halogens is 2. The molecule has 7 rings (SSSR count). The Morgan fingerprint density at radius 1 is 0.941 bits per heavy atom. The largest absolute Gasteiger partial charge is 0.507 e. The summed E-state index contributed by atoms with van der Waals surface area (Å²) >= 11 is 14.9. The number of benzene rings is 4. The summed E-state index contributed by atoms with van der Waals surface area (Å²) in [7, 11) is 0. The van der Waals surface area contributed by atoms with Gasteiger partial charge in [0.25, 0.3) is 5.78 Å². The van der Waals surface area contributed by atoms with Gasteiger partial charge in [-0.3, -0.25) is 14.5 Å². The standard InChI is InChI=1S/C37H29Cl2N3O7S2/c1-2-46-29-16-22(9-12-28(29)49-19-21-6-4-3-5-7-21)32-31(33(43)23-10-13-27-30(17-23)48-15-14-47-27)34(44)35(45)42(32)36-40-41-37(51-36)50-20-24-8-11-25(38)18-26(24)39/h3-13,16-18,32,43H,2,14-15,19-20H2,1H3/b33-31+/t32-/m0/s1. The highest BCUT2D eigenvalue weighted by Gasteiger charge is 2.48. The van der Waals surface area contributed by atoms with Crippen molar-refractivity contribution in [1.82, 2.24) is 10.2 Å². The Hall–Kier alpha value is -4.75. The summed E-state index contributed by atoms with van der Waals surface area (Å²) in [6, 6.07) is 23.9. The molecular weight excluding hydrogens is 733 g/mol. The first-order valence-electron chi connectivity index (χ1n) is 15.9. The molecule has 1 fully saturated rings. The van der Waals surface area contributed by atoms with Crippen LogP contribution in [-0.2, 0) is 21.9 Å². The van der Waals surface area contributed by atoms with E-state index in [1.807, 2.05) is 43.3 Å². The zero-order chi connectivity index (χ0) is 35.5. The van der Waals surface area contributed by atoms with Crippen LogP contribution in [0.1, 0.15) is 35.2 Å². The molecule has 1 saturated heterocycles. The van der Waals surface area contributed by atoms with Crippen LogP contribution < -0.4 is 23.8 Å². The summed E-state index contributed by atoms with van der Waals surface area (Å²) in [6.45, 7) is 3.21. The van der Waals surface area contributed by atoms with Crippen LogP contribution in [0.3, 0.4) is 0 Å². The predicted molar refractivity (Wildman–Crippen MR) is 197 cm³/mol. The number of ether oxygens (including phenoxy) is 4. The number of Topliss-reactive ketones (excluding diaryl/α,β-unsaturated/α-hetero) is 1. The van der Waals surface area contributed by atoms with Crippen molar-refractivity contribution in [3.05, 3.63) is 123 Å². The van der Waals surface area contributed by atoms with Gasteiger partial charge >= 0.3 is 5.91 Å². The molecule has 1 amide bonds. The Bertz CT molecular complexity index is 2140. The molecule has 0 spiro atoms. The van der Waals surface area contributed by atoms with Crippen LogP contribution in [0, 0.1) is 0 Å². The Morgan fingerprint density at radius 3 is 2.53 bits per heavy atom. The molecule has 14 heteroatoms. The van der Waals surface area contributed by atoms with Crippen molar-refractivity contribution in [3.63, 3.8) is 0 Å². The molecule has 1 atom stereocenters. The quantitative estimate of drug-likeness (QED) is 0.0461. The minimum absolute atomic E-state index is 0.130. The SMILES string of the molecule is CCOc1cc([C@H]2/C(=C(\O)c3ccc4c(c3)OCCO4)C(=O)C(=O)N2c2nnc(SCc3ccc(Cl)cc3Cl)s2)ccc1OCc1ccccc1. The van der Waals surface area contributed by atoms with Gasteiger partial charge in [-0.1, -0.05) is 88.8 Å². The Labute approximate surface area is 311 Å². The number of carbonyl (C=O) groups is 2. The molecule has 2 aliphatic rings. The fourth-order valence-corrected chi connectivity index (χ4v) is 8.07. The molecule has 4 aromatic carbocycles. The average molecular weight is 763 g/mol. The molecule has 51 heavy (non-hydrogen) atoms. The molecule has 5 aromatic rings. The van der Waals surface area contributed by atoms with Crippen molar-refractivity contribution in [2.24, 2.45) is 0 Å². The number of aliphatic hydroxyl groups is 1. The Kier molecular flexibility index (Phi) is 10.4. The molecular formula is C37H29Cl2N3O7S2. The third kappa shape index (κ3) is 7.36. The molecule has 10 nitrogen and oxygen atoms in total. The third-order valence-corrected chi connectivity index (χ3v) is 10.7. The van der Waals surface area contributed by atoms with Gasteiger partial charge in [-0.05, 0) is 66.1 Å². The molecule has 260 valence electrons. The lowest BCUT2D eigenvalue weighted by molar-refractivity contribution is -0.132. The number of ketones is 1. The maximum atomic E-state index is 13.9. The fourth-order valence-electron chi connectivity index (χ4n) is 5.65. The highest BCUT2D eigenvalue weighted by Crippen LogP contribution is 2.46. The second kappa shape index (κ2) is 15.2. The lowest BCUT2D eigenvalue weighted by Crippen LogP contribution is -2.29. The van der Waals surface area contributed by atoms with Gasteiger partial charge in [0.05, 0.1) is 18.2 Å². The molecule has 0 radical (unpaired) electrons. The predicted octanol–water partition coefficient (Wildman–Crippen LogP) is 8.51. The summed E-state index contributed by atoms with van der Waals surface area (Å²) in [5.74, 6) is 0.160. The van der Waals surface area contributed by atoms with E-state index in [2.05, 4.69) is 10.2 Å². The lowest BCUT2D eigenvalue weighted by Gasteiger charge is -2.24. The van der Waals surface area contributed by atoms with Crippen molar-refractivity contribution in [2.75, 3.05) is 24.7 Å². The lowest BCUT2D eigenvalue weighted by atomic mass is 9.95. The van der Waals surface area contributed by atoms with E-state index in [4.69, 9.17) is 42.1 Å². The van der Waals surface area contributed by atoms with Gasteiger partial charge in [0.1, 0.15) is 25.6 Å². The summed E-state index contributed by atoms with van der Waals surface area (Å²) in [6.07, 6.45) is 0. The number of nitrogens with zero attached hydrogens (tertiary/aromatic N) is 3. The number of fused-ring (bicyclic) bond motifs is 1. The van der Waals surface area contributed by atoms with Crippen LogP contribution in [0.15, 0.2) is 94.8 Å². The number of aromatic nitrogens is 2. The molecule has 0 saturated carbocycles. The van der Waals surface area contributed by atoms with Crippen molar-refractivity contribution in [1.29, 1.82) is 0 Å². The van der Waals surface area contributed by atoms with Crippen LogP contribution in [0.4, 0.5) is 5.13 Å². The van der Waals surface area contributed by atoms with E-state index < -0.39 is 17.7 Å². The first kappa shape index (κ1) is 34.7. The highest BCUT2D eigenvalue weighted by atomic mass is 35.5. The second-order valence-corrected chi connectivity index (χ2v) is 14.3. The Balaban J connectivity index is 1.28. The van der Waals surface area contributed by atoms with Gasteiger partial charge in [0.15, 0.2) is 27.3 Å². The number of rotatable bonds is 11. The van der Waals surface area contributed by atoms with Gasteiger partial charge in [-0.15, -0.1) is 10.2 Å². The monoisotopic (exact) mass is 761 g/mol.